The number of halogens is 3. The molecular formula is C19H17F3O4. The molecule has 0 bridgehead atoms. The van der Waals surface area contributed by atoms with Crippen molar-refractivity contribution in [2.24, 2.45) is 0 Å². The molecule has 0 aliphatic rings. The highest BCUT2D eigenvalue weighted by atomic mass is 19.4. The highest BCUT2D eigenvalue weighted by Gasteiger charge is 2.30. The van der Waals surface area contributed by atoms with Gasteiger partial charge in [-0.1, -0.05) is 24.3 Å². The SMILES string of the molecule is COc1cccc(/C=C/C(=O)OCc2cccc(C(F)(F)F)c2)c1OC. The Morgan fingerprint density at radius 2 is 1.81 bits per heavy atom. The van der Waals surface area contributed by atoms with Gasteiger partial charge in [0.05, 0.1) is 19.8 Å². The van der Waals surface area contributed by atoms with Gasteiger partial charge in [-0.3, -0.25) is 0 Å². The summed E-state index contributed by atoms with van der Waals surface area (Å²) in [6.45, 7) is -0.262. The predicted molar refractivity (Wildman–Crippen MR) is 89.8 cm³/mol. The molecule has 0 fully saturated rings. The molecule has 2 aromatic rings. The van der Waals surface area contributed by atoms with Crippen molar-refractivity contribution in [3.63, 3.8) is 0 Å². The van der Waals surface area contributed by atoms with Crippen LogP contribution in [-0.2, 0) is 22.3 Å². The van der Waals surface area contributed by atoms with E-state index in [0.717, 1.165) is 12.1 Å². The van der Waals surface area contributed by atoms with Gasteiger partial charge in [0.1, 0.15) is 6.61 Å². The highest BCUT2D eigenvalue weighted by Crippen LogP contribution is 2.31. The fourth-order valence-corrected chi connectivity index (χ4v) is 2.24. The molecule has 2 rings (SSSR count). The first-order chi connectivity index (χ1) is 12.3. The molecule has 4 nitrogen and oxygen atoms in total. The first-order valence-electron chi connectivity index (χ1n) is 7.57. The van der Waals surface area contributed by atoms with E-state index in [1.54, 1.807) is 18.2 Å². The van der Waals surface area contributed by atoms with Crippen LogP contribution in [0.1, 0.15) is 16.7 Å². The van der Waals surface area contributed by atoms with Crippen molar-refractivity contribution >= 4 is 12.0 Å². The summed E-state index contributed by atoms with van der Waals surface area (Å²) in [5, 5.41) is 0. The fraction of sp³-hybridized carbons (Fsp3) is 0.211. The smallest absolute Gasteiger partial charge is 0.416 e. The quantitative estimate of drug-likeness (QED) is 0.559. The fourth-order valence-electron chi connectivity index (χ4n) is 2.24. The van der Waals surface area contributed by atoms with Gasteiger partial charge in [0.15, 0.2) is 11.5 Å². The Morgan fingerprint density at radius 3 is 2.46 bits per heavy atom. The lowest BCUT2D eigenvalue weighted by Gasteiger charge is -2.10. The second kappa shape index (κ2) is 8.42. The van der Waals surface area contributed by atoms with Crippen LogP contribution in [0.4, 0.5) is 13.2 Å². The van der Waals surface area contributed by atoms with E-state index >= 15 is 0 Å². The Balaban J connectivity index is 2.03. The molecule has 0 aliphatic carbocycles. The van der Waals surface area contributed by atoms with Crippen LogP contribution in [0, 0.1) is 0 Å². The number of ether oxygens (including phenoxy) is 3. The third-order valence-electron chi connectivity index (χ3n) is 3.47. The van der Waals surface area contributed by atoms with E-state index in [1.807, 2.05) is 0 Å². The largest absolute Gasteiger partial charge is 0.493 e. The normalized spacial score (nSPS) is 11.4. The molecule has 138 valence electrons. The number of methoxy groups -OCH3 is 2. The van der Waals surface area contributed by atoms with Crippen LogP contribution in [0.5, 0.6) is 11.5 Å². The highest BCUT2D eigenvalue weighted by molar-refractivity contribution is 5.87. The molecule has 0 amide bonds. The second-order valence-corrected chi connectivity index (χ2v) is 5.22. The minimum absolute atomic E-state index is 0.250. The van der Waals surface area contributed by atoms with Crippen molar-refractivity contribution in [3.05, 3.63) is 65.2 Å². The minimum atomic E-state index is -4.44. The zero-order valence-corrected chi connectivity index (χ0v) is 14.2. The molecule has 0 N–H and O–H groups in total. The summed E-state index contributed by atoms with van der Waals surface area (Å²) in [5.41, 5.74) is 0.0612. The zero-order valence-electron chi connectivity index (χ0n) is 14.2. The Morgan fingerprint density at radius 1 is 1.08 bits per heavy atom. The number of hydrogen-bond acceptors (Lipinski definition) is 4. The molecule has 0 aromatic heterocycles. The topological polar surface area (TPSA) is 44.8 Å². The molecular weight excluding hydrogens is 349 g/mol. The van der Waals surface area contributed by atoms with Gasteiger partial charge in [-0.25, -0.2) is 4.79 Å². The van der Waals surface area contributed by atoms with Crippen LogP contribution in [0.25, 0.3) is 6.08 Å². The Hall–Kier alpha value is -2.96. The number of benzene rings is 2. The standard InChI is InChI=1S/C19H17F3O4/c1-24-16-8-4-6-14(18(16)25-2)9-10-17(23)26-12-13-5-3-7-15(11-13)19(20,21)22/h3-11H,12H2,1-2H3/b10-9+. The summed E-state index contributed by atoms with van der Waals surface area (Å²) in [7, 11) is 2.97. The Bertz CT molecular complexity index is 798. The number of alkyl halides is 3. The molecule has 0 saturated carbocycles. The van der Waals surface area contributed by atoms with Crippen molar-refractivity contribution < 1.29 is 32.2 Å². The average molecular weight is 366 g/mol. The molecule has 0 unspecified atom stereocenters. The van der Waals surface area contributed by atoms with E-state index in [2.05, 4.69) is 0 Å². The first-order valence-corrected chi connectivity index (χ1v) is 7.57. The van der Waals surface area contributed by atoms with Gasteiger partial charge in [0.25, 0.3) is 0 Å². The summed E-state index contributed by atoms with van der Waals surface area (Å²) < 4.78 is 53.4. The monoisotopic (exact) mass is 366 g/mol. The maximum atomic E-state index is 12.7. The molecule has 7 heteroatoms. The van der Waals surface area contributed by atoms with Crippen LogP contribution in [-0.4, -0.2) is 20.2 Å². The van der Waals surface area contributed by atoms with Crippen LogP contribution < -0.4 is 9.47 Å². The molecule has 26 heavy (non-hydrogen) atoms. The lowest BCUT2D eigenvalue weighted by Crippen LogP contribution is -2.06. The van der Waals surface area contributed by atoms with Crippen molar-refractivity contribution in [1.29, 1.82) is 0 Å². The second-order valence-electron chi connectivity index (χ2n) is 5.22. The summed E-state index contributed by atoms with van der Waals surface area (Å²) in [6.07, 6.45) is -1.79. The number of hydrogen-bond donors (Lipinski definition) is 0. The van der Waals surface area contributed by atoms with Crippen molar-refractivity contribution in [2.75, 3.05) is 14.2 Å². The van der Waals surface area contributed by atoms with Crippen LogP contribution in [0.15, 0.2) is 48.5 Å². The van der Waals surface area contributed by atoms with Crippen LogP contribution >= 0.6 is 0 Å². The first kappa shape index (κ1) is 19.4. The summed E-state index contributed by atoms with van der Waals surface area (Å²) in [5.74, 6) is 0.274. The summed E-state index contributed by atoms with van der Waals surface area (Å²) in [4.78, 5) is 11.8. The molecule has 2 aromatic carbocycles. The van der Waals surface area contributed by atoms with E-state index in [1.165, 1.54) is 38.5 Å². The molecule has 0 radical (unpaired) electrons. The maximum Gasteiger partial charge on any atom is 0.416 e. The van der Waals surface area contributed by atoms with Gasteiger partial charge >= 0.3 is 12.1 Å². The Kier molecular flexibility index (Phi) is 6.27. The number of carbonyl (C=O) groups is 1. The van der Waals surface area contributed by atoms with Gasteiger partial charge < -0.3 is 14.2 Å². The third-order valence-corrected chi connectivity index (χ3v) is 3.47. The van der Waals surface area contributed by atoms with Crippen molar-refractivity contribution in [1.82, 2.24) is 0 Å². The van der Waals surface area contributed by atoms with Gasteiger partial charge in [-0.2, -0.15) is 13.2 Å². The van der Waals surface area contributed by atoms with E-state index in [4.69, 9.17) is 14.2 Å². The lowest BCUT2D eigenvalue weighted by molar-refractivity contribution is -0.138. The average Bonchev–Trinajstić information content (AvgIpc) is 2.63. The van der Waals surface area contributed by atoms with Crippen LogP contribution in [0.3, 0.4) is 0 Å². The summed E-state index contributed by atoms with van der Waals surface area (Å²) >= 11 is 0. The number of carbonyl (C=O) groups excluding carboxylic acids is 1. The van der Waals surface area contributed by atoms with Crippen molar-refractivity contribution in [2.45, 2.75) is 12.8 Å². The van der Waals surface area contributed by atoms with Gasteiger partial charge in [-0.15, -0.1) is 0 Å². The Labute approximate surface area is 148 Å². The van der Waals surface area contributed by atoms with Crippen LogP contribution in [0.2, 0.25) is 0 Å². The van der Waals surface area contributed by atoms with Crippen molar-refractivity contribution in [3.8, 4) is 11.5 Å². The molecule has 0 atom stereocenters. The van der Waals surface area contributed by atoms with E-state index in [9.17, 15) is 18.0 Å². The van der Waals surface area contributed by atoms with Gasteiger partial charge in [0.2, 0.25) is 0 Å². The molecule has 0 spiro atoms. The molecule has 0 aliphatic heterocycles. The number of esters is 1. The summed E-state index contributed by atoms with van der Waals surface area (Å²) in [6, 6.07) is 9.79. The minimum Gasteiger partial charge on any atom is -0.493 e. The van der Waals surface area contributed by atoms with E-state index < -0.39 is 17.7 Å². The molecule has 0 saturated heterocycles. The number of para-hydroxylation sites is 1. The molecule has 0 heterocycles. The van der Waals surface area contributed by atoms with E-state index in [0.29, 0.717) is 17.1 Å². The van der Waals surface area contributed by atoms with Gasteiger partial charge in [-0.05, 0) is 29.8 Å². The number of rotatable bonds is 6. The maximum absolute atomic E-state index is 12.7. The predicted octanol–water partition coefficient (Wildman–Crippen LogP) is 4.48. The van der Waals surface area contributed by atoms with E-state index in [-0.39, 0.29) is 12.2 Å². The third kappa shape index (κ3) is 5.02. The zero-order chi connectivity index (χ0) is 19.2. The van der Waals surface area contributed by atoms with Gasteiger partial charge in [0, 0.05) is 11.6 Å². The lowest BCUT2D eigenvalue weighted by atomic mass is 10.1.